The van der Waals surface area contributed by atoms with Crippen LogP contribution in [-0.2, 0) is 9.53 Å². The van der Waals surface area contributed by atoms with Gasteiger partial charge in [-0.2, -0.15) is 0 Å². The van der Waals surface area contributed by atoms with Gasteiger partial charge in [0, 0.05) is 6.20 Å². The van der Waals surface area contributed by atoms with Gasteiger partial charge in [-0.15, -0.1) is 0 Å². The molecule has 0 radical (unpaired) electrons. The van der Waals surface area contributed by atoms with E-state index < -0.39 is 18.0 Å². The third kappa shape index (κ3) is 4.82. The molecule has 1 aromatic heterocycles. The fourth-order valence-corrected chi connectivity index (χ4v) is 1.99. The van der Waals surface area contributed by atoms with E-state index in [1.165, 1.54) is 37.4 Å². The van der Waals surface area contributed by atoms with E-state index in [2.05, 4.69) is 10.3 Å². The predicted octanol–water partition coefficient (Wildman–Crippen LogP) is 4.23. The van der Waals surface area contributed by atoms with Crippen molar-refractivity contribution in [3.8, 4) is 0 Å². The van der Waals surface area contributed by atoms with Gasteiger partial charge in [0.2, 0.25) is 0 Å². The maximum absolute atomic E-state index is 12.0. The summed E-state index contributed by atoms with van der Waals surface area (Å²) in [6.07, 6.45) is 0.373. The van der Waals surface area contributed by atoms with E-state index in [-0.39, 0.29) is 10.6 Å². The highest BCUT2D eigenvalue weighted by Gasteiger charge is 2.20. The number of hydrogen-bond donors (Lipinski definition) is 1. The summed E-state index contributed by atoms with van der Waals surface area (Å²) in [5, 5.41) is 3.51. The SMILES string of the molecule is C[C@@H](OC(=O)c1ccc(Cl)c(Cl)c1)C(=O)Nc1ccc(Cl)cn1. The summed E-state index contributed by atoms with van der Waals surface area (Å²) < 4.78 is 5.08. The zero-order chi connectivity index (χ0) is 17.0. The predicted molar refractivity (Wildman–Crippen MR) is 89.2 cm³/mol. The van der Waals surface area contributed by atoms with Crippen LogP contribution in [0.2, 0.25) is 15.1 Å². The zero-order valence-electron chi connectivity index (χ0n) is 11.8. The zero-order valence-corrected chi connectivity index (χ0v) is 14.1. The Hall–Kier alpha value is -1.82. The first kappa shape index (κ1) is 17.5. The van der Waals surface area contributed by atoms with Gasteiger partial charge in [0.25, 0.3) is 5.91 Å². The summed E-state index contributed by atoms with van der Waals surface area (Å²) in [6, 6.07) is 7.42. The van der Waals surface area contributed by atoms with Crippen molar-refractivity contribution in [1.82, 2.24) is 4.98 Å². The molecule has 1 atom stereocenters. The second-order valence-corrected chi connectivity index (χ2v) is 5.78. The minimum Gasteiger partial charge on any atom is -0.449 e. The maximum atomic E-state index is 12.0. The van der Waals surface area contributed by atoms with Crippen molar-refractivity contribution < 1.29 is 14.3 Å². The molecule has 1 amide bonds. The van der Waals surface area contributed by atoms with Crippen molar-refractivity contribution >= 4 is 52.5 Å². The molecule has 2 aromatic rings. The van der Waals surface area contributed by atoms with E-state index in [0.29, 0.717) is 15.9 Å². The summed E-state index contributed by atoms with van der Waals surface area (Å²) in [5.41, 5.74) is 0.198. The van der Waals surface area contributed by atoms with Crippen LogP contribution >= 0.6 is 34.8 Å². The lowest BCUT2D eigenvalue weighted by Gasteiger charge is -2.13. The fourth-order valence-electron chi connectivity index (χ4n) is 1.58. The van der Waals surface area contributed by atoms with Crippen LogP contribution in [0.1, 0.15) is 17.3 Å². The monoisotopic (exact) mass is 372 g/mol. The quantitative estimate of drug-likeness (QED) is 0.815. The van der Waals surface area contributed by atoms with Gasteiger partial charge >= 0.3 is 5.97 Å². The summed E-state index contributed by atoms with van der Waals surface area (Å²) >= 11 is 17.3. The molecular weight excluding hydrogens is 363 g/mol. The summed E-state index contributed by atoms with van der Waals surface area (Å²) in [6.45, 7) is 1.45. The number of pyridine rings is 1. The number of aromatic nitrogens is 1. The molecule has 5 nitrogen and oxygen atoms in total. The van der Waals surface area contributed by atoms with Crippen LogP contribution in [-0.4, -0.2) is 23.0 Å². The van der Waals surface area contributed by atoms with Crippen LogP contribution in [0, 0.1) is 0 Å². The first-order valence-electron chi connectivity index (χ1n) is 6.45. The lowest BCUT2D eigenvalue weighted by Crippen LogP contribution is -2.30. The molecule has 0 aliphatic rings. The van der Waals surface area contributed by atoms with E-state index in [1.54, 1.807) is 6.07 Å². The molecule has 0 bridgehead atoms. The largest absolute Gasteiger partial charge is 0.449 e. The number of carbonyl (C=O) groups is 2. The molecule has 0 saturated carbocycles. The molecule has 0 spiro atoms. The average molecular weight is 374 g/mol. The van der Waals surface area contributed by atoms with Crippen LogP contribution in [0.5, 0.6) is 0 Å². The minimum atomic E-state index is -1.02. The molecule has 8 heteroatoms. The molecular formula is C15H11Cl3N2O3. The minimum absolute atomic E-state index is 0.198. The van der Waals surface area contributed by atoms with Crippen LogP contribution in [0.4, 0.5) is 5.82 Å². The van der Waals surface area contributed by atoms with Gasteiger partial charge in [-0.05, 0) is 37.3 Å². The Balaban J connectivity index is 1.98. The van der Waals surface area contributed by atoms with E-state index in [0.717, 1.165) is 0 Å². The van der Waals surface area contributed by atoms with E-state index >= 15 is 0 Å². The molecule has 23 heavy (non-hydrogen) atoms. The fraction of sp³-hybridized carbons (Fsp3) is 0.133. The topological polar surface area (TPSA) is 68.3 Å². The van der Waals surface area contributed by atoms with Crippen LogP contribution in [0.25, 0.3) is 0 Å². The molecule has 0 aliphatic heterocycles. The number of anilines is 1. The Kier molecular flexibility index (Phi) is 5.82. The highest BCUT2D eigenvalue weighted by atomic mass is 35.5. The highest BCUT2D eigenvalue weighted by Crippen LogP contribution is 2.23. The number of halogens is 3. The Morgan fingerprint density at radius 2 is 1.87 bits per heavy atom. The number of nitrogens with zero attached hydrogens (tertiary/aromatic N) is 1. The first-order valence-corrected chi connectivity index (χ1v) is 7.58. The standard InChI is InChI=1S/C15H11Cl3N2O3/c1-8(14(21)20-13-5-3-10(16)7-19-13)23-15(22)9-2-4-11(17)12(18)6-9/h2-8H,1H3,(H,19,20,21)/t8-/m1/s1. The number of amides is 1. The first-order chi connectivity index (χ1) is 10.9. The number of ether oxygens (including phenoxy) is 1. The van der Waals surface area contributed by atoms with Crippen molar-refractivity contribution in [3.05, 3.63) is 57.2 Å². The van der Waals surface area contributed by atoms with Crippen LogP contribution in [0.15, 0.2) is 36.5 Å². The molecule has 1 heterocycles. The third-order valence-electron chi connectivity index (χ3n) is 2.79. The van der Waals surface area contributed by atoms with Gasteiger partial charge < -0.3 is 10.1 Å². The number of rotatable bonds is 4. The van der Waals surface area contributed by atoms with Crippen LogP contribution < -0.4 is 5.32 Å². The van der Waals surface area contributed by atoms with Crippen molar-refractivity contribution in [1.29, 1.82) is 0 Å². The molecule has 1 N–H and O–H groups in total. The van der Waals surface area contributed by atoms with Gasteiger partial charge in [0.1, 0.15) is 5.82 Å². The molecule has 1 aromatic carbocycles. The van der Waals surface area contributed by atoms with Gasteiger partial charge in [-0.1, -0.05) is 34.8 Å². The third-order valence-corrected chi connectivity index (χ3v) is 3.75. The number of nitrogens with one attached hydrogen (secondary N) is 1. The van der Waals surface area contributed by atoms with E-state index in [9.17, 15) is 9.59 Å². The molecule has 0 unspecified atom stereocenters. The van der Waals surface area contributed by atoms with Gasteiger partial charge in [-0.25, -0.2) is 9.78 Å². The van der Waals surface area contributed by atoms with Gasteiger partial charge in [0.05, 0.1) is 20.6 Å². The average Bonchev–Trinajstić information content (AvgIpc) is 2.52. The van der Waals surface area contributed by atoms with Crippen molar-refractivity contribution in [2.45, 2.75) is 13.0 Å². The van der Waals surface area contributed by atoms with Crippen molar-refractivity contribution in [3.63, 3.8) is 0 Å². The smallest absolute Gasteiger partial charge is 0.338 e. The maximum Gasteiger partial charge on any atom is 0.338 e. The summed E-state index contributed by atoms with van der Waals surface area (Å²) in [5.74, 6) is -0.902. The van der Waals surface area contributed by atoms with Crippen molar-refractivity contribution in [2.24, 2.45) is 0 Å². The van der Waals surface area contributed by atoms with E-state index in [1.807, 2.05) is 0 Å². The van der Waals surface area contributed by atoms with Gasteiger partial charge in [0.15, 0.2) is 6.10 Å². The molecule has 0 aliphatic carbocycles. The van der Waals surface area contributed by atoms with E-state index in [4.69, 9.17) is 39.5 Å². The van der Waals surface area contributed by atoms with Crippen molar-refractivity contribution in [2.75, 3.05) is 5.32 Å². The Morgan fingerprint density at radius 1 is 1.13 bits per heavy atom. The summed E-state index contributed by atoms with van der Waals surface area (Å²) in [4.78, 5) is 27.9. The lowest BCUT2D eigenvalue weighted by atomic mass is 10.2. The van der Waals surface area contributed by atoms with Crippen LogP contribution in [0.3, 0.4) is 0 Å². The molecule has 120 valence electrons. The summed E-state index contributed by atoms with van der Waals surface area (Å²) in [7, 11) is 0. The second kappa shape index (κ2) is 7.64. The Bertz CT molecular complexity index is 735. The highest BCUT2D eigenvalue weighted by molar-refractivity contribution is 6.42. The number of carbonyl (C=O) groups excluding carboxylic acids is 2. The Morgan fingerprint density at radius 3 is 2.48 bits per heavy atom. The number of benzene rings is 1. The lowest BCUT2D eigenvalue weighted by molar-refractivity contribution is -0.123. The second-order valence-electron chi connectivity index (χ2n) is 4.53. The molecule has 0 fully saturated rings. The molecule has 2 rings (SSSR count). The number of hydrogen-bond acceptors (Lipinski definition) is 4. The van der Waals surface area contributed by atoms with Gasteiger partial charge in [-0.3, -0.25) is 4.79 Å². The number of esters is 1. The molecule has 0 saturated heterocycles. The Labute approximate surface area is 147 Å². The normalized spacial score (nSPS) is 11.7.